The van der Waals surface area contributed by atoms with Crippen molar-refractivity contribution in [2.45, 2.75) is 18.9 Å². The summed E-state index contributed by atoms with van der Waals surface area (Å²) < 4.78 is 0. The molecule has 5 rings (SSSR count). The summed E-state index contributed by atoms with van der Waals surface area (Å²) in [7, 11) is 3.72. The van der Waals surface area contributed by atoms with Crippen LogP contribution in [0.3, 0.4) is 0 Å². The number of aliphatic hydroxyl groups excluding tert-OH is 1. The van der Waals surface area contributed by atoms with E-state index in [4.69, 9.17) is 0 Å². The fourth-order valence-electron chi connectivity index (χ4n) is 4.30. The molecule has 32 heavy (non-hydrogen) atoms. The number of benzene rings is 1. The zero-order valence-electron chi connectivity index (χ0n) is 18.2. The highest BCUT2D eigenvalue weighted by Crippen LogP contribution is 2.39. The second-order valence-corrected chi connectivity index (χ2v) is 8.24. The summed E-state index contributed by atoms with van der Waals surface area (Å²) >= 11 is 0. The van der Waals surface area contributed by atoms with Crippen LogP contribution in [0.15, 0.2) is 54.9 Å². The molecule has 1 fully saturated rings. The van der Waals surface area contributed by atoms with Gasteiger partial charge in [0, 0.05) is 33.3 Å². The van der Waals surface area contributed by atoms with Crippen LogP contribution in [-0.2, 0) is 0 Å². The molecule has 0 spiro atoms. The Morgan fingerprint density at radius 3 is 2.41 bits per heavy atom. The van der Waals surface area contributed by atoms with Crippen LogP contribution in [0, 0.1) is 0 Å². The quantitative estimate of drug-likeness (QED) is 0.657. The molecule has 0 radical (unpaired) electrons. The van der Waals surface area contributed by atoms with Gasteiger partial charge in [0.25, 0.3) is 5.91 Å². The molecule has 4 heterocycles. The highest BCUT2D eigenvalue weighted by Gasteiger charge is 2.27. The fraction of sp³-hybridized carbons (Fsp3) is 0.292. The van der Waals surface area contributed by atoms with Crippen molar-refractivity contribution in [3.8, 4) is 0 Å². The SMILES string of the molecule is CN1C(=O)c2ccccc2N(C)c2cc(Nc3ccc(N4CCC(O)CC4)cn3)ncc21. The highest BCUT2D eigenvalue weighted by molar-refractivity contribution is 6.13. The Hall–Kier alpha value is -3.65. The number of hydrogen-bond acceptors (Lipinski definition) is 7. The lowest BCUT2D eigenvalue weighted by molar-refractivity contribution is 0.0994. The molecule has 0 unspecified atom stereocenters. The third-order valence-corrected chi connectivity index (χ3v) is 6.22. The second-order valence-electron chi connectivity index (χ2n) is 8.24. The maximum Gasteiger partial charge on any atom is 0.260 e. The number of carbonyl (C=O) groups excluding carboxylic acids is 1. The lowest BCUT2D eigenvalue weighted by atomic mass is 10.1. The van der Waals surface area contributed by atoms with Gasteiger partial charge >= 0.3 is 0 Å². The number of pyridine rings is 2. The number of hydrogen-bond donors (Lipinski definition) is 2. The van der Waals surface area contributed by atoms with Gasteiger partial charge in [-0.1, -0.05) is 12.1 Å². The molecule has 8 heteroatoms. The summed E-state index contributed by atoms with van der Waals surface area (Å²) in [6.45, 7) is 1.67. The maximum atomic E-state index is 12.9. The molecule has 0 saturated carbocycles. The Morgan fingerprint density at radius 1 is 0.906 bits per heavy atom. The topological polar surface area (TPSA) is 84.8 Å². The molecule has 1 saturated heterocycles. The average molecular weight is 431 g/mol. The van der Waals surface area contributed by atoms with E-state index in [1.807, 2.05) is 60.6 Å². The Kier molecular flexibility index (Phi) is 5.14. The molecule has 0 atom stereocenters. The molecule has 164 valence electrons. The van der Waals surface area contributed by atoms with E-state index < -0.39 is 0 Å². The van der Waals surface area contributed by atoms with Crippen LogP contribution in [0.2, 0.25) is 0 Å². The minimum Gasteiger partial charge on any atom is -0.393 e. The van der Waals surface area contributed by atoms with Gasteiger partial charge in [-0.3, -0.25) is 4.79 Å². The van der Waals surface area contributed by atoms with E-state index in [0.29, 0.717) is 17.2 Å². The third-order valence-electron chi connectivity index (χ3n) is 6.22. The summed E-state index contributed by atoms with van der Waals surface area (Å²) in [5.74, 6) is 1.28. The van der Waals surface area contributed by atoms with Crippen molar-refractivity contribution >= 4 is 40.3 Å². The number of amides is 1. The van der Waals surface area contributed by atoms with Gasteiger partial charge in [-0.25, -0.2) is 9.97 Å². The van der Waals surface area contributed by atoms with E-state index >= 15 is 0 Å². The number of anilines is 6. The molecule has 0 aliphatic carbocycles. The van der Waals surface area contributed by atoms with Gasteiger partial charge in [-0.2, -0.15) is 0 Å². The van der Waals surface area contributed by atoms with E-state index in [-0.39, 0.29) is 12.0 Å². The highest BCUT2D eigenvalue weighted by atomic mass is 16.3. The molecule has 0 bridgehead atoms. The van der Waals surface area contributed by atoms with Crippen LogP contribution < -0.4 is 20.0 Å². The van der Waals surface area contributed by atoms with Gasteiger partial charge in [0.15, 0.2) is 0 Å². The van der Waals surface area contributed by atoms with Crippen LogP contribution in [0.4, 0.5) is 34.4 Å². The number of nitrogens with zero attached hydrogens (tertiary/aromatic N) is 5. The lowest BCUT2D eigenvalue weighted by Crippen LogP contribution is -2.35. The second kappa shape index (κ2) is 8.12. The summed E-state index contributed by atoms with van der Waals surface area (Å²) in [5, 5.41) is 13.0. The van der Waals surface area contributed by atoms with Crippen molar-refractivity contribution < 1.29 is 9.90 Å². The first-order chi connectivity index (χ1) is 15.5. The van der Waals surface area contributed by atoms with Crippen molar-refractivity contribution in [3.05, 3.63) is 60.4 Å². The van der Waals surface area contributed by atoms with E-state index in [0.717, 1.165) is 48.7 Å². The van der Waals surface area contributed by atoms with E-state index in [2.05, 4.69) is 20.2 Å². The van der Waals surface area contributed by atoms with Gasteiger partial charge in [0.1, 0.15) is 11.6 Å². The van der Waals surface area contributed by atoms with Crippen LogP contribution >= 0.6 is 0 Å². The summed E-state index contributed by atoms with van der Waals surface area (Å²) in [4.78, 5) is 27.9. The smallest absolute Gasteiger partial charge is 0.260 e. The van der Waals surface area contributed by atoms with E-state index in [9.17, 15) is 9.90 Å². The summed E-state index contributed by atoms with van der Waals surface area (Å²) in [6.07, 6.45) is 4.93. The summed E-state index contributed by atoms with van der Waals surface area (Å²) in [6, 6.07) is 13.5. The molecule has 2 aromatic heterocycles. The van der Waals surface area contributed by atoms with Crippen LogP contribution in [-0.4, -0.2) is 54.3 Å². The minimum atomic E-state index is -0.195. The van der Waals surface area contributed by atoms with Crippen molar-refractivity contribution in [2.24, 2.45) is 0 Å². The Balaban J connectivity index is 1.40. The van der Waals surface area contributed by atoms with E-state index in [1.54, 1.807) is 18.1 Å². The minimum absolute atomic E-state index is 0.0591. The molecule has 3 aromatic rings. The molecule has 1 amide bonds. The van der Waals surface area contributed by atoms with Crippen LogP contribution in [0.1, 0.15) is 23.2 Å². The normalized spacial score (nSPS) is 16.5. The first-order valence-corrected chi connectivity index (χ1v) is 10.8. The monoisotopic (exact) mass is 430 g/mol. The predicted molar refractivity (Wildman–Crippen MR) is 126 cm³/mol. The molecule has 2 aliphatic heterocycles. The van der Waals surface area contributed by atoms with Gasteiger partial charge < -0.3 is 25.1 Å². The lowest BCUT2D eigenvalue weighted by Gasteiger charge is -2.31. The van der Waals surface area contributed by atoms with Crippen molar-refractivity contribution in [3.63, 3.8) is 0 Å². The number of aromatic nitrogens is 2. The molecule has 2 N–H and O–H groups in total. The number of fused-ring (bicyclic) bond motifs is 2. The number of carbonyl (C=O) groups is 1. The number of rotatable bonds is 3. The van der Waals surface area contributed by atoms with Gasteiger partial charge in [-0.05, 0) is 37.1 Å². The van der Waals surface area contributed by atoms with Crippen molar-refractivity contribution in [1.29, 1.82) is 0 Å². The van der Waals surface area contributed by atoms with Crippen LogP contribution in [0.25, 0.3) is 0 Å². The standard InChI is InChI=1S/C24H26N6O2/c1-28-19-6-4-3-5-18(19)24(32)29(2)21-15-26-23(13-20(21)28)27-22-8-7-16(14-25-22)30-11-9-17(31)10-12-30/h3-8,13-15,17,31H,9-12H2,1-2H3,(H,25,26,27). The molecule has 1 aromatic carbocycles. The van der Waals surface area contributed by atoms with Gasteiger partial charge in [0.05, 0.1) is 46.8 Å². The summed E-state index contributed by atoms with van der Waals surface area (Å²) in [5.41, 5.74) is 4.19. The number of para-hydroxylation sites is 1. The molecule has 2 aliphatic rings. The Bertz CT molecular complexity index is 1140. The van der Waals surface area contributed by atoms with Crippen molar-refractivity contribution in [2.75, 3.05) is 47.2 Å². The number of piperidine rings is 1. The zero-order chi connectivity index (χ0) is 22.2. The number of aliphatic hydroxyl groups is 1. The number of nitrogens with one attached hydrogen (secondary N) is 1. The first-order valence-electron chi connectivity index (χ1n) is 10.8. The predicted octanol–water partition coefficient (Wildman–Crippen LogP) is 3.54. The Labute approximate surface area is 187 Å². The zero-order valence-corrected chi connectivity index (χ0v) is 18.2. The average Bonchev–Trinajstić information content (AvgIpc) is 2.90. The third kappa shape index (κ3) is 3.62. The van der Waals surface area contributed by atoms with Crippen molar-refractivity contribution in [1.82, 2.24) is 9.97 Å². The molecular weight excluding hydrogens is 404 g/mol. The largest absolute Gasteiger partial charge is 0.393 e. The fourth-order valence-corrected chi connectivity index (χ4v) is 4.30. The Morgan fingerprint density at radius 2 is 1.66 bits per heavy atom. The first kappa shape index (κ1) is 20.3. The maximum absolute atomic E-state index is 12.9. The molecule has 8 nitrogen and oxygen atoms in total. The van der Waals surface area contributed by atoms with Gasteiger partial charge in [-0.15, -0.1) is 0 Å². The van der Waals surface area contributed by atoms with Crippen LogP contribution in [0.5, 0.6) is 0 Å². The van der Waals surface area contributed by atoms with Gasteiger partial charge in [0.2, 0.25) is 0 Å². The molecular formula is C24H26N6O2. The van der Waals surface area contributed by atoms with E-state index in [1.165, 1.54) is 0 Å².